The lowest BCUT2D eigenvalue weighted by atomic mass is 9.75. The van der Waals surface area contributed by atoms with Crippen molar-refractivity contribution in [3.8, 4) is 17.6 Å². The molecule has 1 aliphatic heterocycles. The van der Waals surface area contributed by atoms with Crippen molar-refractivity contribution in [1.29, 1.82) is 0 Å². The summed E-state index contributed by atoms with van der Waals surface area (Å²) in [5.74, 6) is 5.89. The lowest BCUT2D eigenvalue weighted by molar-refractivity contribution is -0.143. The summed E-state index contributed by atoms with van der Waals surface area (Å²) in [7, 11) is 1.59. The van der Waals surface area contributed by atoms with Crippen LogP contribution in [-0.4, -0.2) is 48.3 Å². The van der Waals surface area contributed by atoms with Crippen molar-refractivity contribution in [2.45, 2.75) is 44.5 Å². The van der Waals surface area contributed by atoms with Gasteiger partial charge in [0.05, 0.1) is 35.3 Å². The number of nitrogens with zero attached hydrogens (tertiary/aromatic N) is 2. The molecule has 0 bridgehead atoms. The molecule has 0 unspecified atom stereocenters. The Kier molecular flexibility index (Phi) is 9.42. The summed E-state index contributed by atoms with van der Waals surface area (Å²) in [6.45, 7) is 1.40. The largest absolute Gasteiger partial charge is 0.497 e. The van der Waals surface area contributed by atoms with Gasteiger partial charge in [0, 0.05) is 23.8 Å². The van der Waals surface area contributed by atoms with Crippen molar-refractivity contribution >= 4 is 22.5 Å². The highest BCUT2D eigenvalue weighted by Crippen LogP contribution is 2.38. The first-order chi connectivity index (χ1) is 19.3. The van der Waals surface area contributed by atoms with Gasteiger partial charge in [-0.1, -0.05) is 23.4 Å². The molecule has 4 nitrogen and oxygen atoms in total. The van der Waals surface area contributed by atoms with Crippen LogP contribution in [0, 0.1) is 17.3 Å². The minimum Gasteiger partial charge on any atom is -0.497 e. The molecular formula is C30H29ClF6N2O2. The summed E-state index contributed by atoms with van der Waals surface area (Å²) in [5.41, 5.74) is -1.62. The molecule has 1 aliphatic rings. The van der Waals surface area contributed by atoms with Gasteiger partial charge in [-0.15, -0.1) is 0 Å². The first-order valence-corrected chi connectivity index (χ1v) is 13.4. The van der Waals surface area contributed by atoms with Gasteiger partial charge in [0.1, 0.15) is 5.75 Å². The van der Waals surface area contributed by atoms with Crippen LogP contribution in [0.1, 0.15) is 47.9 Å². The Labute approximate surface area is 239 Å². The average molecular weight is 599 g/mol. The van der Waals surface area contributed by atoms with Crippen molar-refractivity contribution in [3.05, 3.63) is 69.9 Å². The van der Waals surface area contributed by atoms with E-state index in [-0.39, 0.29) is 30.2 Å². The number of aryl methyl sites for hydroxylation is 1. The van der Waals surface area contributed by atoms with Crippen LogP contribution < -0.4 is 4.74 Å². The van der Waals surface area contributed by atoms with E-state index in [9.17, 15) is 31.4 Å². The fourth-order valence-electron chi connectivity index (χ4n) is 5.18. The first-order valence-electron chi connectivity index (χ1n) is 13.1. The predicted molar refractivity (Wildman–Crippen MR) is 145 cm³/mol. The van der Waals surface area contributed by atoms with Crippen molar-refractivity contribution in [2.24, 2.45) is 5.41 Å². The number of aromatic nitrogens is 1. The number of piperidine rings is 1. The minimum atomic E-state index is -4.92. The van der Waals surface area contributed by atoms with Crippen LogP contribution >= 0.6 is 11.6 Å². The number of alkyl halides is 6. The normalized spacial score (nSPS) is 15.9. The number of hydrogen-bond acceptors (Lipinski definition) is 4. The van der Waals surface area contributed by atoms with E-state index < -0.39 is 23.5 Å². The molecule has 0 aliphatic carbocycles. The van der Waals surface area contributed by atoms with Crippen LogP contribution in [0.5, 0.6) is 5.75 Å². The van der Waals surface area contributed by atoms with E-state index >= 15 is 0 Å². The Morgan fingerprint density at radius 1 is 1.02 bits per heavy atom. The van der Waals surface area contributed by atoms with Crippen LogP contribution in [0.4, 0.5) is 26.3 Å². The van der Waals surface area contributed by atoms with Crippen molar-refractivity contribution in [1.82, 2.24) is 9.88 Å². The standard InChI is InChI=1S/C30H29ClF6N2O2/c1-41-23-6-7-27-25(17-23)24(26(31)18-38-27)5-2-8-28(19-40)9-12-39(13-10-28)11-3-4-20-14-21(29(32,33)34)16-22(15-20)30(35,36)37/h6-7,14-18,40H,2,5,8-13,19H2,1H3. The van der Waals surface area contributed by atoms with Crippen molar-refractivity contribution in [2.75, 3.05) is 33.4 Å². The second-order valence-electron chi connectivity index (χ2n) is 10.4. The molecule has 41 heavy (non-hydrogen) atoms. The Morgan fingerprint density at radius 2 is 1.68 bits per heavy atom. The SMILES string of the molecule is COc1ccc2ncc(Cl)c(CCCC3(CO)CCN(CC#Cc4cc(C(F)(F)F)cc(C(F)(F)F)c4)CC3)c2c1. The fourth-order valence-corrected chi connectivity index (χ4v) is 5.42. The number of pyridine rings is 1. The zero-order chi connectivity index (χ0) is 29.8. The molecule has 220 valence electrons. The molecule has 4 rings (SSSR count). The van der Waals surface area contributed by atoms with Crippen molar-refractivity contribution in [3.63, 3.8) is 0 Å². The molecule has 1 N–H and O–H groups in total. The molecule has 0 saturated carbocycles. The molecule has 0 spiro atoms. The van der Waals surface area contributed by atoms with E-state index in [0.29, 0.717) is 55.3 Å². The third-order valence-corrected chi connectivity index (χ3v) is 7.97. The van der Waals surface area contributed by atoms with Crippen LogP contribution in [-0.2, 0) is 18.8 Å². The van der Waals surface area contributed by atoms with Gasteiger partial charge >= 0.3 is 12.4 Å². The molecular weight excluding hydrogens is 570 g/mol. The van der Waals surface area contributed by atoms with Crippen molar-refractivity contribution < 1.29 is 36.2 Å². The quantitative estimate of drug-likeness (QED) is 0.228. The fraction of sp³-hybridized carbons (Fsp3) is 0.433. The van der Waals surface area contributed by atoms with E-state index in [4.69, 9.17) is 16.3 Å². The van der Waals surface area contributed by atoms with Gasteiger partial charge in [0.15, 0.2) is 0 Å². The number of likely N-dealkylation sites (tertiary alicyclic amines) is 1. The molecule has 0 radical (unpaired) electrons. The highest BCUT2D eigenvalue weighted by atomic mass is 35.5. The van der Waals surface area contributed by atoms with E-state index in [1.54, 1.807) is 13.3 Å². The smallest absolute Gasteiger partial charge is 0.416 e. The number of fused-ring (bicyclic) bond motifs is 1. The van der Waals surface area contributed by atoms with E-state index in [1.165, 1.54) is 0 Å². The highest BCUT2D eigenvalue weighted by molar-refractivity contribution is 6.32. The lowest BCUT2D eigenvalue weighted by Gasteiger charge is -2.40. The summed E-state index contributed by atoms with van der Waals surface area (Å²) in [5, 5.41) is 11.7. The maximum absolute atomic E-state index is 13.1. The number of aliphatic hydroxyl groups excluding tert-OH is 1. The van der Waals surface area contributed by atoms with Gasteiger partial charge in [0.2, 0.25) is 0 Å². The topological polar surface area (TPSA) is 45.6 Å². The molecule has 1 aromatic heterocycles. The Morgan fingerprint density at radius 3 is 2.27 bits per heavy atom. The summed E-state index contributed by atoms with van der Waals surface area (Å²) in [6, 6.07) is 6.98. The summed E-state index contributed by atoms with van der Waals surface area (Å²) in [6.07, 6.45) is -4.58. The minimum absolute atomic E-state index is 0.00954. The second-order valence-corrected chi connectivity index (χ2v) is 10.8. The van der Waals surface area contributed by atoms with Gasteiger partial charge in [-0.3, -0.25) is 9.88 Å². The highest BCUT2D eigenvalue weighted by Gasteiger charge is 2.37. The number of rotatable bonds is 7. The van der Waals surface area contributed by atoms with E-state index in [2.05, 4.69) is 16.8 Å². The van der Waals surface area contributed by atoms with Crippen LogP contribution in [0.2, 0.25) is 5.02 Å². The molecule has 0 atom stereocenters. The number of aliphatic hydroxyl groups is 1. The van der Waals surface area contributed by atoms with Gasteiger partial charge in [-0.05, 0) is 92.6 Å². The number of benzene rings is 2. The first kappa shape index (κ1) is 30.9. The van der Waals surface area contributed by atoms with E-state index in [0.717, 1.165) is 29.3 Å². The van der Waals surface area contributed by atoms with Crippen LogP contribution in [0.3, 0.4) is 0 Å². The zero-order valence-corrected chi connectivity index (χ0v) is 23.1. The summed E-state index contributed by atoms with van der Waals surface area (Å²) in [4.78, 5) is 6.37. The number of methoxy groups -OCH3 is 1. The molecule has 1 fully saturated rings. The average Bonchev–Trinajstić information content (AvgIpc) is 2.93. The van der Waals surface area contributed by atoms with Gasteiger partial charge in [-0.25, -0.2) is 0 Å². The molecule has 11 heteroatoms. The molecule has 0 amide bonds. The molecule has 2 aromatic carbocycles. The third-order valence-electron chi connectivity index (χ3n) is 7.64. The van der Waals surface area contributed by atoms with Crippen LogP contribution in [0.15, 0.2) is 42.6 Å². The van der Waals surface area contributed by atoms with Gasteiger partial charge in [0.25, 0.3) is 0 Å². The summed E-state index contributed by atoms with van der Waals surface area (Å²) >= 11 is 6.48. The number of halogens is 7. The second kappa shape index (κ2) is 12.5. The number of hydrogen-bond donors (Lipinski definition) is 1. The molecule has 1 saturated heterocycles. The Bertz CT molecular complexity index is 1400. The monoisotopic (exact) mass is 598 g/mol. The zero-order valence-electron chi connectivity index (χ0n) is 22.3. The molecule has 3 aromatic rings. The maximum atomic E-state index is 13.1. The number of ether oxygens (including phenoxy) is 1. The molecule has 2 heterocycles. The lowest BCUT2D eigenvalue weighted by Crippen LogP contribution is -2.42. The Balaban J connectivity index is 1.37. The van der Waals surface area contributed by atoms with Gasteiger partial charge in [-0.2, -0.15) is 26.3 Å². The Hall–Kier alpha value is -3.00. The summed E-state index contributed by atoms with van der Waals surface area (Å²) < 4.78 is 83.9. The maximum Gasteiger partial charge on any atom is 0.416 e. The van der Waals surface area contributed by atoms with E-state index in [1.807, 2.05) is 23.1 Å². The van der Waals surface area contributed by atoms with Crippen LogP contribution in [0.25, 0.3) is 10.9 Å². The van der Waals surface area contributed by atoms with Gasteiger partial charge < -0.3 is 9.84 Å². The predicted octanol–water partition coefficient (Wildman–Crippen LogP) is 7.38. The third kappa shape index (κ3) is 7.64.